The van der Waals surface area contributed by atoms with Crippen molar-refractivity contribution in [3.05, 3.63) is 29.8 Å². The number of carbonyl (C=O) groups excluding carboxylic acids is 1. The maximum Gasteiger partial charge on any atom is 0.309 e. The molecule has 1 fully saturated rings. The number of carbonyl (C=O) groups is 1. The number of rotatable bonds is 4. The first-order valence-electron chi connectivity index (χ1n) is 9.96. The first kappa shape index (κ1) is 19.2. The van der Waals surface area contributed by atoms with Crippen molar-refractivity contribution in [3.63, 3.8) is 0 Å². The first-order valence-corrected chi connectivity index (χ1v) is 9.96. The van der Waals surface area contributed by atoms with Gasteiger partial charge in [-0.2, -0.15) is 10.1 Å². The second-order valence-electron chi connectivity index (χ2n) is 7.46. The Kier molecular flexibility index (Phi) is 5.08. The van der Waals surface area contributed by atoms with E-state index < -0.39 is 0 Å². The Balaban J connectivity index is 1.71. The summed E-state index contributed by atoms with van der Waals surface area (Å²) in [6, 6.07) is 8.17. The van der Waals surface area contributed by atoms with Gasteiger partial charge < -0.3 is 15.4 Å². The highest BCUT2D eigenvalue weighted by molar-refractivity contribution is 5.99. The molecule has 0 aliphatic carbocycles. The fraction of sp³-hybridized carbons (Fsp3) is 0.429. The number of hydrogen-bond acceptors (Lipinski definition) is 7. The number of aromatic nitrogens is 4. The Morgan fingerprint density at radius 3 is 2.72 bits per heavy atom. The van der Waals surface area contributed by atoms with Crippen LogP contribution in [0.1, 0.15) is 25.3 Å². The Morgan fingerprint density at radius 2 is 2.03 bits per heavy atom. The molecule has 1 aliphatic heterocycles. The maximum atomic E-state index is 12.0. The molecule has 1 aliphatic rings. The van der Waals surface area contributed by atoms with E-state index in [1.165, 1.54) is 0 Å². The Labute approximate surface area is 169 Å². The fourth-order valence-corrected chi connectivity index (χ4v) is 3.82. The van der Waals surface area contributed by atoms with Crippen LogP contribution < -0.4 is 10.6 Å². The lowest BCUT2D eigenvalue weighted by Gasteiger charge is -2.31. The molecule has 152 valence electrons. The van der Waals surface area contributed by atoms with Crippen molar-refractivity contribution in [3.8, 4) is 11.3 Å². The molecule has 0 radical (unpaired) electrons. The highest BCUT2D eigenvalue weighted by Crippen LogP contribution is 2.33. The summed E-state index contributed by atoms with van der Waals surface area (Å²) in [5, 5.41) is 5.25. The van der Waals surface area contributed by atoms with Crippen molar-refractivity contribution in [2.75, 3.05) is 30.3 Å². The normalized spacial score (nSPS) is 15.1. The number of aryl methyl sites for hydroxylation is 2. The molecule has 0 unspecified atom stereocenters. The van der Waals surface area contributed by atoms with Gasteiger partial charge in [0, 0.05) is 25.7 Å². The Hall–Kier alpha value is -3.16. The van der Waals surface area contributed by atoms with Gasteiger partial charge >= 0.3 is 5.97 Å². The van der Waals surface area contributed by atoms with Crippen LogP contribution in [0.2, 0.25) is 0 Å². The number of nitrogen functional groups attached to an aromatic ring is 1. The average molecular weight is 394 g/mol. The second kappa shape index (κ2) is 7.69. The molecule has 3 heterocycles. The third-order valence-electron chi connectivity index (χ3n) is 5.42. The van der Waals surface area contributed by atoms with E-state index in [-0.39, 0.29) is 11.9 Å². The molecule has 8 nitrogen and oxygen atoms in total. The van der Waals surface area contributed by atoms with E-state index in [9.17, 15) is 4.79 Å². The van der Waals surface area contributed by atoms with E-state index in [0.29, 0.717) is 37.1 Å². The van der Waals surface area contributed by atoms with Crippen molar-refractivity contribution in [1.82, 2.24) is 19.7 Å². The molecule has 0 bridgehead atoms. The summed E-state index contributed by atoms with van der Waals surface area (Å²) in [6.45, 7) is 5.70. The minimum atomic E-state index is -0.110. The average Bonchev–Trinajstić information content (AvgIpc) is 3.01. The van der Waals surface area contributed by atoms with Crippen molar-refractivity contribution in [1.29, 1.82) is 0 Å². The SMILES string of the molecule is CCOC(=O)C1CCN(c2nc(-c3cccc(C)c3)c3c(N)n(C)nc3n2)CC1. The van der Waals surface area contributed by atoms with Crippen LogP contribution in [0.25, 0.3) is 22.3 Å². The van der Waals surface area contributed by atoms with Crippen LogP contribution in [0.3, 0.4) is 0 Å². The number of esters is 1. The molecule has 0 spiro atoms. The van der Waals surface area contributed by atoms with E-state index in [1.54, 1.807) is 4.68 Å². The molecule has 4 rings (SSSR count). The molecule has 0 saturated carbocycles. The highest BCUT2D eigenvalue weighted by Gasteiger charge is 2.28. The predicted molar refractivity (Wildman–Crippen MR) is 112 cm³/mol. The number of nitrogens with zero attached hydrogens (tertiary/aromatic N) is 5. The van der Waals surface area contributed by atoms with E-state index in [2.05, 4.69) is 34.0 Å². The lowest BCUT2D eigenvalue weighted by molar-refractivity contribution is -0.148. The molecule has 0 amide bonds. The molecule has 1 saturated heterocycles. The van der Waals surface area contributed by atoms with Gasteiger partial charge in [0.05, 0.1) is 23.6 Å². The van der Waals surface area contributed by atoms with Crippen LogP contribution in [0.5, 0.6) is 0 Å². The van der Waals surface area contributed by atoms with E-state index in [4.69, 9.17) is 15.5 Å². The summed E-state index contributed by atoms with van der Waals surface area (Å²) >= 11 is 0. The fourth-order valence-electron chi connectivity index (χ4n) is 3.82. The molecular weight excluding hydrogens is 368 g/mol. The van der Waals surface area contributed by atoms with Crippen LogP contribution in [0.4, 0.5) is 11.8 Å². The maximum absolute atomic E-state index is 12.0. The van der Waals surface area contributed by atoms with E-state index >= 15 is 0 Å². The highest BCUT2D eigenvalue weighted by atomic mass is 16.5. The Bertz CT molecular complexity index is 1050. The van der Waals surface area contributed by atoms with Gasteiger partial charge in [0.15, 0.2) is 5.65 Å². The molecule has 8 heteroatoms. The quantitative estimate of drug-likeness (QED) is 0.679. The van der Waals surface area contributed by atoms with Crippen LogP contribution in [0.15, 0.2) is 24.3 Å². The lowest BCUT2D eigenvalue weighted by atomic mass is 9.97. The zero-order valence-electron chi connectivity index (χ0n) is 17.1. The van der Waals surface area contributed by atoms with E-state index in [0.717, 1.165) is 35.0 Å². The van der Waals surface area contributed by atoms with Crippen LogP contribution >= 0.6 is 0 Å². The predicted octanol–water partition coefficient (Wildman–Crippen LogP) is 2.70. The molecule has 3 aromatic rings. The molecule has 2 N–H and O–H groups in total. The minimum Gasteiger partial charge on any atom is -0.466 e. The number of ether oxygens (including phenoxy) is 1. The summed E-state index contributed by atoms with van der Waals surface area (Å²) in [6.07, 6.45) is 1.45. The summed E-state index contributed by atoms with van der Waals surface area (Å²) in [5.74, 6) is 0.997. The lowest BCUT2D eigenvalue weighted by Crippen LogP contribution is -2.38. The van der Waals surface area contributed by atoms with Gasteiger partial charge in [-0.05, 0) is 32.8 Å². The molecule has 29 heavy (non-hydrogen) atoms. The van der Waals surface area contributed by atoms with Gasteiger partial charge in [0.2, 0.25) is 5.95 Å². The zero-order valence-corrected chi connectivity index (χ0v) is 17.1. The summed E-state index contributed by atoms with van der Waals surface area (Å²) in [4.78, 5) is 23.7. The molecule has 2 aromatic heterocycles. The second-order valence-corrected chi connectivity index (χ2v) is 7.46. The van der Waals surface area contributed by atoms with Crippen LogP contribution in [-0.4, -0.2) is 45.4 Å². The van der Waals surface area contributed by atoms with Crippen molar-refractivity contribution < 1.29 is 9.53 Å². The topological polar surface area (TPSA) is 99.2 Å². The van der Waals surface area contributed by atoms with Gasteiger partial charge in [-0.15, -0.1) is 0 Å². The van der Waals surface area contributed by atoms with Crippen LogP contribution in [-0.2, 0) is 16.6 Å². The van der Waals surface area contributed by atoms with Crippen molar-refractivity contribution >= 4 is 28.8 Å². The van der Waals surface area contributed by atoms with Gasteiger partial charge in [-0.3, -0.25) is 9.48 Å². The third-order valence-corrected chi connectivity index (χ3v) is 5.42. The number of nitrogens with two attached hydrogens (primary N) is 1. The van der Waals surface area contributed by atoms with Gasteiger partial charge in [-0.25, -0.2) is 4.98 Å². The van der Waals surface area contributed by atoms with Gasteiger partial charge in [0.25, 0.3) is 0 Å². The molecule has 1 aromatic carbocycles. The third kappa shape index (κ3) is 3.62. The largest absolute Gasteiger partial charge is 0.466 e. The monoisotopic (exact) mass is 394 g/mol. The van der Waals surface area contributed by atoms with Gasteiger partial charge in [0.1, 0.15) is 5.82 Å². The van der Waals surface area contributed by atoms with Crippen molar-refractivity contribution in [2.45, 2.75) is 26.7 Å². The zero-order chi connectivity index (χ0) is 20.5. The molecular formula is C21H26N6O2. The number of piperidine rings is 1. The molecule has 0 atom stereocenters. The standard InChI is InChI=1S/C21H26N6O2/c1-4-29-20(28)14-8-10-27(11-9-14)21-23-17(15-7-5-6-13(2)12-15)16-18(22)26(3)25-19(16)24-21/h5-7,12,14H,4,8-11,22H2,1-3H3. The number of benzene rings is 1. The number of hydrogen-bond donors (Lipinski definition) is 1. The minimum absolute atomic E-state index is 0.0586. The van der Waals surface area contributed by atoms with Crippen molar-refractivity contribution in [2.24, 2.45) is 13.0 Å². The number of anilines is 2. The van der Waals surface area contributed by atoms with Crippen LogP contribution in [0, 0.1) is 12.8 Å². The Morgan fingerprint density at radius 1 is 1.28 bits per heavy atom. The van der Waals surface area contributed by atoms with E-state index in [1.807, 2.05) is 26.1 Å². The summed E-state index contributed by atoms with van der Waals surface area (Å²) in [5.41, 5.74) is 9.78. The number of fused-ring (bicyclic) bond motifs is 1. The van der Waals surface area contributed by atoms with Gasteiger partial charge in [-0.1, -0.05) is 23.8 Å². The first-order chi connectivity index (χ1) is 14.0. The summed E-state index contributed by atoms with van der Waals surface area (Å²) < 4.78 is 6.80. The smallest absolute Gasteiger partial charge is 0.309 e. The summed E-state index contributed by atoms with van der Waals surface area (Å²) in [7, 11) is 1.81.